The Bertz CT molecular complexity index is 953. The maximum atomic E-state index is 9.53. The van der Waals surface area contributed by atoms with Gasteiger partial charge in [-0.05, 0) is 30.7 Å². The number of benzene rings is 1. The number of carbonyl (C=O) groups excluding carboxylic acids is 1. The third-order valence-corrected chi connectivity index (χ3v) is 5.03. The monoisotopic (exact) mass is 471 g/mol. The van der Waals surface area contributed by atoms with Gasteiger partial charge >= 0.3 is 5.97 Å². The molecule has 0 aliphatic carbocycles. The van der Waals surface area contributed by atoms with Crippen molar-refractivity contribution in [3.05, 3.63) is 42.0 Å². The normalized spacial score (nSPS) is 16.0. The van der Waals surface area contributed by atoms with E-state index in [-0.39, 0.29) is 0 Å². The molecule has 0 amide bonds. The molecule has 0 bridgehead atoms. The fourth-order valence-electron chi connectivity index (χ4n) is 3.40. The maximum Gasteiger partial charge on any atom is 0.328 e. The lowest BCUT2D eigenvalue weighted by atomic mass is 10.2. The number of aromatic nitrogens is 3. The van der Waals surface area contributed by atoms with Crippen LogP contribution >= 0.6 is 0 Å². The molecule has 2 saturated heterocycles. The highest BCUT2D eigenvalue weighted by Crippen LogP contribution is 2.21. The molecule has 4 N–H and O–H groups in total. The van der Waals surface area contributed by atoms with E-state index < -0.39 is 11.9 Å². The van der Waals surface area contributed by atoms with Crippen LogP contribution in [0.4, 0.5) is 23.5 Å². The number of carbonyl (C=O) groups is 2. The Hall–Kier alpha value is -3.77. The third kappa shape index (κ3) is 7.98. The molecular formula is C22H29N7O5. The average molecular weight is 472 g/mol. The SMILES string of the molecule is Cc1cccc(Nc2nc(N3CC[NH2+]CC3)nc(N3CCOCC3)n2)c1.O=C([O-])/C=C/C(=O)O. The van der Waals surface area contributed by atoms with Crippen LogP contribution in [0.15, 0.2) is 36.4 Å². The zero-order valence-corrected chi connectivity index (χ0v) is 19.0. The van der Waals surface area contributed by atoms with Crippen molar-refractivity contribution < 1.29 is 29.9 Å². The van der Waals surface area contributed by atoms with Gasteiger partial charge in [-0.3, -0.25) is 0 Å². The molecule has 0 spiro atoms. The quantitative estimate of drug-likeness (QED) is 0.422. The molecule has 12 heteroatoms. The smallest absolute Gasteiger partial charge is 0.328 e. The predicted octanol–water partition coefficient (Wildman–Crippen LogP) is -1.48. The second kappa shape index (κ2) is 12.5. The topological polar surface area (TPSA) is 160 Å². The van der Waals surface area contributed by atoms with Gasteiger partial charge in [0.25, 0.3) is 0 Å². The van der Waals surface area contributed by atoms with E-state index in [4.69, 9.17) is 19.8 Å². The first-order valence-electron chi connectivity index (χ1n) is 11.0. The van der Waals surface area contributed by atoms with Crippen LogP contribution in [-0.4, -0.2) is 84.5 Å². The number of hydrogen-bond acceptors (Lipinski definition) is 10. The number of anilines is 4. The van der Waals surface area contributed by atoms with E-state index >= 15 is 0 Å². The van der Waals surface area contributed by atoms with Gasteiger partial charge in [0.05, 0.1) is 45.4 Å². The molecule has 0 radical (unpaired) electrons. The number of carboxylic acids is 2. The number of piperazine rings is 1. The van der Waals surface area contributed by atoms with Crippen LogP contribution in [-0.2, 0) is 14.3 Å². The molecule has 0 saturated carbocycles. The Morgan fingerprint density at radius 1 is 1.06 bits per heavy atom. The molecule has 2 aliphatic rings. The number of rotatable bonds is 6. The highest BCUT2D eigenvalue weighted by atomic mass is 16.5. The van der Waals surface area contributed by atoms with Gasteiger partial charge in [0.15, 0.2) is 0 Å². The van der Waals surface area contributed by atoms with Gasteiger partial charge in [0.1, 0.15) is 0 Å². The molecule has 182 valence electrons. The summed E-state index contributed by atoms with van der Waals surface area (Å²) in [4.78, 5) is 37.5. The zero-order valence-electron chi connectivity index (χ0n) is 19.0. The Labute approximate surface area is 197 Å². The number of morpholine rings is 1. The van der Waals surface area contributed by atoms with Crippen LogP contribution in [0.3, 0.4) is 0 Å². The molecule has 2 fully saturated rings. The van der Waals surface area contributed by atoms with Crippen LogP contribution in [0.2, 0.25) is 0 Å². The van der Waals surface area contributed by atoms with Crippen molar-refractivity contribution in [2.75, 3.05) is 67.6 Å². The van der Waals surface area contributed by atoms with Crippen molar-refractivity contribution in [1.29, 1.82) is 0 Å². The number of ether oxygens (including phenoxy) is 1. The van der Waals surface area contributed by atoms with Gasteiger partial charge in [-0.2, -0.15) is 15.0 Å². The molecule has 1 aromatic carbocycles. The Balaban J connectivity index is 0.000000350. The van der Waals surface area contributed by atoms with Gasteiger partial charge in [-0.15, -0.1) is 0 Å². The fourth-order valence-corrected chi connectivity index (χ4v) is 3.40. The summed E-state index contributed by atoms with van der Waals surface area (Å²) in [5, 5.41) is 22.9. The van der Waals surface area contributed by atoms with Crippen molar-refractivity contribution in [1.82, 2.24) is 15.0 Å². The second-order valence-corrected chi connectivity index (χ2v) is 7.70. The van der Waals surface area contributed by atoms with Crippen molar-refractivity contribution in [2.45, 2.75) is 6.92 Å². The second-order valence-electron chi connectivity index (χ2n) is 7.70. The number of aliphatic carboxylic acids is 2. The largest absolute Gasteiger partial charge is 0.545 e. The summed E-state index contributed by atoms with van der Waals surface area (Å²) >= 11 is 0. The standard InChI is InChI=1S/C18H25N7O.C4H4O4/c1-14-3-2-4-15(13-14)20-16-21-17(24-7-5-19-6-8-24)23-18(22-16)25-9-11-26-12-10-25;5-3(6)1-2-4(7)8/h2-4,13,19H,5-12H2,1H3,(H,20,21,22,23);1-2H,(H,5,6)(H,7,8)/b;2-1+. The number of hydrogen-bond donors (Lipinski definition) is 3. The summed E-state index contributed by atoms with van der Waals surface area (Å²) in [7, 11) is 0. The Morgan fingerprint density at radius 3 is 2.26 bits per heavy atom. The fraction of sp³-hybridized carbons (Fsp3) is 0.409. The molecule has 34 heavy (non-hydrogen) atoms. The van der Waals surface area contributed by atoms with E-state index in [1.807, 2.05) is 12.1 Å². The number of carboxylic acid groups (broad SMARTS) is 2. The number of nitrogens with zero attached hydrogens (tertiary/aromatic N) is 5. The minimum Gasteiger partial charge on any atom is -0.545 e. The van der Waals surface area contributed by atoms with E-state index in [0.29, 0.717) is 31.3 Å². The first-order valence-corrected chi connectivity index (χ1v) is 11.0. The van der Waals surface area contributed by atoms with Crippen LogP contribution in [0.5, 0.6) is 0 Å². The third-order valence-electron chi connectivity index (χ3n) is 5.03. The van der Waals surface area contributed by atoms with Crippen LogP contribution in [0.25, 0.3) is 0 Å². The number of nitrogens with two attached hydrogens (primary N) is 1. The van der Waals surface area contributed by atoms with Crippen LogP contribution < -0.4 is 25.5 Å². The number of aryl methyl sites for hydroxylation is 1. The summed E-state index contributed by atoms with van der Waals surface area (Å²) in [6.45, 7) is 9.15. The zero-order chi connectivity index (χ0) is 24.3. The van der Waals surface area contributed by atoms with E-state index in [2.05, 4.69) is 44.5 Å². The molecule has 12 nitrogen and oxygen atoms in total. The van der Waals surface area contributed by atoms with Gasteiger partial charge in [0.2, 0.25) is 17.8 Å². The van der Waals surface area contributed by atoms with Crippen molar-refractivity contribution in [3.63, 3.8) is 0 Å². The molecule has 2 aromatic rings. The molecular weight excluding hydrogens is 442 g/mol. The molecule has 4 rings (SSSR count). The minimum absolute atomic E-state index is 0.447. The maximum absolute atomic E-state index is 9.53. The lowest BCUT2D eigenvalue weighted by Gasteiger charge is -2.29. The number of nitrogens with one attached hydrogen (secondary N) is 1. The van der Waals surface area contributed by atoms with E-state index in [9.17, 15) is 14.7 Å². The molecule has 3 heterocycles. The highest BCUT2D eigenvalue weighted by Gasteiger charge is 2.21. The molecule has 2 aliphatic heterocycles. The summed E-state index contributed by atoms with van der Waals surface area (Å²) in [5.74, 6) is -0.731. The van der Waals surface area contributed by atoms with Gasteiger partial charge < -0.3 is 40.2 Å². The highest BCUT2D eigenvalue weighted by molar-refractivity contribution is 5.88. The van der Waals surface area contributed by atoms with Crippen LogP contribution in [0.1, 0.15) is 5.56 Å². The van der Waals surface area contributed by atoms with Crippen molar-refractivity contribution >= 4 is 35.5 Å². The molecule has 0 unspecified atom stereocenters. The number of quaternary nitrogens is 1. The summed E-state index contributed by atoms with van der Waals surface area (Å²) in [6.07, 6.45) is 0.942. The van der Waals surface area contributed by atoms with Gasteiger partial charge in [0, 0.05) is 24.9 Å². The van der Waals surface area contributed by atoms with E-state index in [1.54, 1.807) is 0 Å². The predicted molar refractivity (Wildman–Crippen MR) is 123 cm³/mol. The first kappa shape index (κ1) is 24.9. The van der Waals surface area contributed by atoms with E-state index in [1.165, 1.54) is 5.56 Å². The van der Waals surface area contributed by atoms with Crippen molar-refractivity contribution in [2.24, 2.45) is 0 Å². The summed E-state index contributed by atoms with van der Waals surface area (Å²) in [5.41, 5.74) is 2.19. The van der Waals surface area contributed by atoms with E-state index in [0.717, 1.165) is 56.9 Å². The summed E-state index contributed by atoms with van der Waals surface area (Å²) in [6, 6.07) is 8.23. The Kier molecular flexibility index (Phi) is 9.12. The molecule has 1 aromatic heterocycles. The first-order chi connectivity index (χ1) is 16.4. The average Bonchev–Trinajstić information content (AvgIpc) is 2.84. The lowest BCUT2D eigenvalue weighted by molar-refractivity contribution is -0.655. The minimum atomic E-state index is -1.51. The summed E-state index contributed by atoms with van der Waals surface area (Å²) < 4.78 is 5.46. The van der Waals surface area contributed by atoms with Crippen molar-refractivity contribution in [3.8, 4) is 0 Å². The van der Waals surface area contributed by atoms with Gasteiger partial charge in [-0.25, -0.2) is 4.79 Å². The lowest BCUT2D eigenvalue weighted by Crippen LogP contribution is -2.89. The Morgan fingerprint density at radius 2 is 1.71 bits per heavy atom. The van der Waals surface area contributed by atoms with Crippen LogP contribution in [0, 0.1) is 6.92 Å². The van der Waals surface area contributed by atoms with Gasteiger partial charge in [-0.1, -0.05) is 12.1 Å². The molecule has 0 atom stereocenters.